The van der Waals surface area contributed by atoms with Crippen LogP contribution in [0.15, 0.2) is 22.9 Å². The summed E-state index contributed by atoms with van der Waals surface area (Å²) in [5.41, 5.74) is 0. The Labute approximate surface area is 112 Å². The van der Waals surface area contributed by atoms with Crippen molar-refractivity contribution in [2.24, 2.45) is 7.05 Å². The molecule has 0 bridgehead atoms. The van der Waals surface area contributed by atoms with E-state index in [1.165, 1.54) is 0 Å². The van der Waals surface area contributed by atoms with E-state index in [0.717, 1.165) is 37.0 Å². The Morgan fingerprint density at radius 1 is 1.42 bits per heavy atom. The summed E-state index contributed by atoms with van der Waals surface area (Å²) < 4.78 is 13.3. The van der Waals surface area contributed by atoms with Crippen LogP contribution in [0.4, 0.5) is 0 Å². The summed E-state index contributed by atoms with van der Waals surface area (Å²) in [6.45, 7) is 5.20. The standard InChI is InChI=1S/C13H18N4O2/c1-10-3-4-11(19-10)7-17-5-6-18-12(8-17)13-15-14-9-16(13)2/h3-4,9,12H,5-8H2,1-2H3. The Morgan fingerprint density at radius 3 is 3.00 bits per heavy atom. The summed E-state index contributed by atoms with van der Waals surface area (Å²) in [4.78, 5) is 2.32. The van der Waals surface area contributed by atoms with Gasteiger partial charge in [0.05, 0.1) is 13.2 Å². The highest BCUT2D eigenvalue weighted by atomic mass is 16.5. The molecule has 2 aromatic rings. The van der Waals surface area contributed by atoms with Gasteiger partial charge in [0.15, 0.2) is 5.82 Å². The van der Waals surface area contributed by atoms with Gasteiger partial charge in [-0.25, -0.2) is 0 Å². The second-order valence-electron chi connectivity index (χ2n) is 4.91. The maximum Gasteiger partial charge on any atom is 0.163 e. The number of ether oxygens (including phenoxy) is 1. The molecular weight excluding hydrogens is 244 g/mol. The van der Waals surface area contributed by atoms with Gasteiger partial charge in [-0.2, -0.15) is 0 Å². The van der Waals surface area contributed by atoms with Crippen molar-refractivity contribution in [1.29, 1.82) is 0 Å². The summed E-state index contributed by atoms with van der Waals surface area (Å²) in [5.74, 6) is 2.82. The molecule has 0 radical (unpaired) electrons. The van der Waals surface area contributed by atoms with Crippen molar-refractivity contribution in [3.8, 4) is 0 Å². The van der Waals surface area contributed by atoms with Crippen LogP contribution in [-0.2, 0) is 18.3 Å². The molecule has 1 aliphatic rings. The quantitative estimate of drug-likeness (QED) is 0.834. The van der Waals surface area contributed by atoms with Gasteiger partial charge < -0.3 is 13.7 Å². The molecule has 0 aromatic carbocycles. The summed E-state index contributed by atoms with van der Waals surface area (Å²) >= 11 is 0. The first-order chi connectivity index (χ1) is 9.22. The number of aromatic nitrogens is 3. The predicted molar refractivity (Wildman–Crippen MR) is 68.4 cm³/mol. The third kappa shape index (κ3) is 2.69. The third-order valence-electron chi connectivity index (χ3n) is 3.36. The van der Waals surface area contributed by atoms with E-state index < -0.39 is 0 Å². The first-order valence-electron chi connectivity index (χ1n) is 6.45. The summed E-state index contributed by atoms with van der Waals surface area (Å²) in [6, 6.07) is 4.03. The summed E-state index contributed by atoms with van der Waals surface area (Å²) in [5, 5.41) is 8.03. The second kappa shape index (κ2) is 5.14. The Kier molecular flexibility index (Phi) is 3.35. The third-order valence-corrected chi connectivity index (χ3v) is 3.36. The van der Waals surface area contributed by atoms with E-state index in [1.807, 2.05) is 30.7 Å². The van der Waals surface area contributed by atoms with Crippen molar-refractivity contribution in [2.75, 3.05) is 19.7 Å². The van der Waals surface area contributed by atoms with Gasteiger partial charge in [-0.1, -0.05) is 0 Å². The van der Waals surface area contributed by atoms with Gasteiger partial charge >= 0.3 is 0 Å². The molecule has 3 rings (SSSR count). The van der Waals surface area contributed by atoms with Gasteiger partial charge in [-0.3, -0.25) is 4.90 Å². The fraction of sp³-hybridized carbons (Fsp3) is 0.538. The number of rotatable bonds is 3. The SMILES string of the molecule is Cc1ccc(CN2CCOC(c3nncn3C)C2)o1. The van der Waals surface area contributed by atoms with E-state index in [4.69, 9.17) is 9.15 Å². The van der Waals surface area contributed by atoms with Gasteiger partial charge in [0.2, 0.25) is 0 Å². The molecule has 1 saturated heterocycles. The molecule has 1 fully saturated rings. The van der Waals surface area contributed by atoms with Crippen LogP contribution < -0.4 is 0 Å². The van der Waals surface area contributed by atoms with Crippen LogP contribution in [-0.4, -0.2) is 39.4 Å². The lowest BCUT2D eigenvalue weighted by atomic mass is 10.2. The number of morpholine rings is 1. The van der Waals surface area contributed by atoms with E-state index >= 15 is 0 Å². The minimum absolute atomic E-state index is 0.0164. The molecule has 0 spiro atoms. The lowest BCUT2D eigenvalue weighted by Crippen LogP contribution is -2.38. The van der Waals surface area contributed by atoms with Gasteiger partial charge in [0, 0.05) is 20.1 Å². The smallest absolute Gasteiger partial charge is 0.163 e. The highest BCUT2D eigenvalue weighted by Gasteiger charge is 2.25. The molecule has 0 amide bonds. The molecule has 1 aliphatic heterocycles. The van der Waals surface area contributed by atoms with Gasteiger partial charge in [-0.05, 0) is 19.1 Å². The van der Waals surface area contributed by atoms with E-state index in [1.54, 1.807) is 6.33 Å². The second-order valence-corrected chi connectivity index (χ2v) is 4.91. The van der Waals surface area contributed by atoms with Crippen LogP contribution >= 0.6 is 0 Å². The average Bonchev–Trinajstić information content (AvgIpc) is 2.99. The molecule has 1 unspecified atom stereocenters. The Morgan fingerprint density at radius 2 is 2.32 bits per heavy atom. The van der Waals surface area contributed by atoms with Crippen molar-refractivity contribution in [3.63, 3.8) is 0 Å². The van der Waals surface area contributed by atoms with E-state index in [0.29, 0.717) is 6.61 Å². The van der Waals surface area contributed by atoms with E-state index in [-0.39, 0.29) is 6.10 Å². The van der Waals surface area contributed by atoms with Crippen molar-refractivity contribution in [2.45, 2.75) is 19.6 Å². The lowest BCUT2D eigenvalue weighted by Gasteiger charge is -2.31. The lowest BCUT2D eigenvalue weighted by molar-refractivity contribution is -0.0402. The average molecular weight is 262 g/mol. The molecule has 6 heteroatoms. The van der Waals surface area contributed by atoms with Crippen molar-refractivity contribution in [1.82, 2.24) is 19.7 Å². The predicted octanol–water partition coefficient (Wildman–Crippen LogP) is 1.29. The van der Waals surface area contributed by atoms with E-state index in [2.05, 4.69) is 15.1 Å². The largest absolute Gasteiger partial charge is 0.465 e. The van der Waals surface area contributed by atoms with Crippen LogP contribution in [0.25, 0.3) is 0 Å². The number of aryl methyl sites for hydroxylation is 2. The van der Waals surface area contributed by atoms with Crippen LogP contribution in [0.1, 0.15) is 23.4 Å². The molecule has 19 heavy (non-hydrogen) atoms. The van der Waals surface area contributed by atoms with Crippen LogP contribution in [0, 0.1) is 6.92 Å². The van der Waals surface area contributed by atoms with Gasteiger partial charge in [0.1, 0.15) is 24.0 Å². The number of nitrogens with zero attached hydrogens (tertiary/aromatic N) is 4. The first-order valence-corrected chi connectivity index (χ1v) is 6.45. The van der Waals surface area contributed by atoms with Crippen molar-refractivity contribution >= 4 is 0 Å². The maximum absolute atomic E-state index is 5.78. The molecule has 2 aromatic heterocycles. The van der Waals surface area contributed by atoms with Crippen LogP contribution in [0.2, 0.25) is 0 Å². The molecule has 3 heterocycles. The minimum Gasteiger partial charge on any atom is -0.465 e. The highest BCUT2D eigenvalue weighted by molar-refractivity contribution is 5.06. The Hall–Kier alpha value is -1.66. The first kappa shape index (κ1) is 12.4. The molecule has 0 N–H and O–H groups in total. The van der Waals surface area contributed by atoms with Crippen LogP contribution in [0.5, 0.6) is 0 Å². The zero-order chi connectivity index (χ0) is 13.2. The molecule has 6 nitrogen and oxygen atoms in total. The number of furan rings is 1. The number of hydrogen-bond donors (Lipinski definition) is 0. The maximum atomic E-state index is 5.78. The van der Waals surface area contributed by atoms with Crippen molar-refractivity contribution < 1.29 is 9.15 Å². The zero-order valence-corrected chi connectivity index (χ0v) is 11.2. The normalized spacial score (nSPS) is 20.8. The van der Waals surface area contributed by atoms with Gasteiger partial charge in [-0.15, -0.1) is 10.2 Å². The topological polar surface area (TPSA) is 56.3 Å². The minimum atomic E-state index is -0.0164. The molecular formula is C13H18N4O2. The van der Waals surface area contributed by atoms with E-state index in [9.17, 15) is 0 Å². The molecule has 1 atom stereocenters. The van der Waals surface area contributed by atoms with Crippen LogP contribution in [0.3, 0.4) is 0 Å². The monoisotopic (exact) mass is 262 g/mol. The number of hydrogen-bond acceptors (Lipinski definition) is 5. The fourth-order valence-corrected chi connectivity index (χ4v) is 2.38. The Balaban J connectivity index is 1.66. The highest BCUT2D eigenvalue weighted by Crippen LogP contribution is 2.21. The molecule has 0 aliphatic carbocycles. The summed E-state index contributed by atoms with van der Waals surface area (Å²) in [7, 11) is 1.94. The molecule has 102 valence electrons. The fourth-order valence-electron chi connectivity index (χ4n) is 2.38. The Bertz CT molecular complexity index is 548. The van der Waals surface area contributed by atoms with Gasteiger partial charge in [0.25, 0.3) is 0 Å². The van der Waals surface area contributed by atoms with Crippen molar-refractivity contribution in [3.05, 3.63) is 35.8 Å². The summed E-state index contributed by atoms with van der Waals surface area (Å²) in [6.07, 6.45) is 1.69. The molecule has 0 saturated carbocycles. The zero-order valence-electron chi connectivity index (χ0n) is 11.2.